The largest absolute Gasteiger partial charge is 0.338 e. The van der Waals surface area contributed by atoms with E-state index in [0.717, 1.165) is 25.1 Å². The van der Waals surface area contributed by atoms with Gasteiger partial charge in [0.05, 0.1) is 0 Å². The Morgan fingerprint density at radius 3 is 2.67 bits per heavy atom. The summed E-state index contributed by atoms with van der Waals surface area (Å²) < 4.78 is 2.11. The van der Waals surface area contributed by atoms with E-state index >= 15 is 0 Å². The lowest BCUT2D eigenvalue weighted by Crippen LogP contribution is -2.31. The predicted octanol–water partition coefficient (Wildman–Crippen LogP) is 3.43. The smallest absolute Gasteiger partial charge is 0.108 e. The van der Waals surface area contributed by atoms with Crippen LogP contribution in [0.3, 0.4) is 0 Å². The summed E-state index contributed by atoms with van der Waals surface area (Å²) in [6.45, 7) is 5.31. The average molecular weight is 303 g/mol. The van der Waals surface area contributed by atoms with Gasteiger partial charge in [-0.3, -0.25) is 0 Å². The second kappa shape index (κ2) is 8.25. The number of nitrogens with one attached hydrogen (secondary N) is 1. The van der Waals surface area contributed by atoms with Crippen LogP contribution < -0.4 is 5.32 Å². The van der Waals surface area contributed by atoms with Gasteiger partial charge in [0.2, 0.25) is 0 Å². The third-order valence-electron chi connectivity index (χ3n) is 3.60. The summed E-state index contributed by atoms with van der Waals surface area (Å²) >= 11 is 1.93. The minimum Gasteiger partial charge on any atom is -0.338 e. The SMILES string of the molecule is CCNC(CCc1nccn1C)CSc1ccc(C)cc1. The molecule has 1 unspecified atom stereocenters. The molecule has 0 aliphatic rings. The Kier molecular flexibility index (Phi) is 6.33. The molecule has 1 aromatic carbocycles. The lowest BCUT2D eigenvalue weighted by atomic mass is 10.2. The number of benzene rings is 1. The van der Waals surface area contributed by atoms with Gasteiger partial charge < -0.3 is 9.88 Å². The van der Waals surface area contributed by atoms with E-state index in [2.05, 4.69) is 60.0 Å². The Bertz CT molecular complexity index is 533. The Morgan fingerprint density at radius 1 is 1.29 bits per heavy atom. The number of hydrogen-bond donors (Lipinski definition) is 1. The quantitative estimate of drug-likeness (QED) is 0.758. The predicted molar refractivity (Wildman–Crippen MR) is 90.9 cm³/mol. The van der Waals surface area contributed by atoms with E-state index in [1.165, 1.54) is 16.3 Å². The molecule has 0 radical (unpaired) electrons. The highest BCUT2D eigenvalue weighted by Gasteiger charge is 2.10. The van der Waals surface area contributed by atoms with Crippen molar-refractivity contribution in [3.63, 3.8) is 0 Å². The van der Waals surface area contributed by atoms with Crippen LogP contribution >= 0.6 is 11.8 Å². The maximum Gasteiger partial charge on any atom is 0.108 e. The first-order chi connectivity index (χ1) is 10.2. The first-order valence-corrected chi connectivity index (χ1v) is 8.56. The van der Waals surface area contributed by atoms with Crippen molar-refractivity contribution in [1.82, 2.24) is 14.9 Å². The van der Waals surface area contributed by atoms with Crippen molar-refractivity contribution in [3.8, 4) is 0 Å². The van der Waals surface area contributed by atoms with Crippen LogP contribution in [0.25, 0.3) is 0 Å². The summed E-state index contributed by atoms with van der Waals surface area (Å²) in [7, 11) is 2.06. The molecule has 0 aliphatic heterocycles. The highest BCUT2D eigenvalue weighted by molar-refractivity contribution is 7.99. The van der Waals surface area contributed by atoms with Crippen LogP contribution in [-0.2, 0) is 13.5 Å². The highest BCUT2D eigenvalue weighted by Crippen LogP contribution is 2.20. The molecule has 0 saturated carbocycles. The molecule has 0 bridgehead atoms. The Labute approximate surface area is 132 Å². The number of aryl methyl sites for hydroxylation is 3. The van der Waals surface area contributed by atoms with Crippen LogP contribution in [0.2, 0.25) is 0 Å². The zero-order valence-corrected chi connectivity index (χ0v) is 14.0. The third kappa shape index (κ3) is 5.21. The molecule has 114 valence electrons. The van der Waals surface area contributed by atoms with Crippen LogP contribution in [0.4, 0.5) is 0 Å². The number of rotatable bonds is 8. The summed E-state index contributed by atoms with van der Waals surface area (Å²) in [6, 6.07) is 9.30. The molecular weight excluding hydrogens is 278 g/mol. The third-order valence-corrected chi connectivity index (χ3v) is 4.78. The van der Waals surface area contributed by atoms with E-state index in [1.807, 2.05) is 24.2 Å². The van der Waals surface area contributed by atoms with Crippen LogP contribution in [0.1, 0.15) is 24.7 Å². The van der Waals surface area contributed by atoms with Crippen molar-refractivity contribution in [2.45, 2.75) is 37.6 Å². The molecule has 2 rings (SSSR count). The van der Waals surface area contributed by atoms with E-state index < -0.39 is 0 Å². The average Bonchev–Trinajstić information content (AvgIpc) is 2.89. The Hall–Kier alpha value is -1.26. The molecule has 4 heteroatoms. The number of imidazole rings is 1. The molecule has 1 atom stereocenters. The minimum absolute atomic E-state index is 0.526. The summed E-state index contributed by atoms with van der Waals surface area (Å²) in [6.07, 6.45) is 6.03. The number of hydrogen-bond acceptors (Lipinski definition) is 3. The monoisotopic (exact) mass is 303 g/mol. The van der Waals surface area contributed by atoms with Gasteiger partial charge in [0.1, 0.15) is 5.82 Å². The van der Waals surface area contributed by atoms with E-state index in [1.54, 1.807) is 0 Å². The van der Waals surface area contributed by atoms with Gasteiger partial charge in [0, 0.05) is 42.6 Å². The van der Waals surface area contributed by atoms with Gasteiger partial charge >= 0.3 is 0 Å². The Balaban J connectivity index is 1.83. The summed E-state index contributed by atoms with van der Waals surface area (Å²) in [5.74, 6) is 2.26. The van der Waals surface area contributed by atoms with Gasteiger partial charge in [0.15, 0.2) is 0 Å². The van der Waals surface area contributed by atoms with Gasteiger partial charge in [-0.2, -0.15) is 0 Å². The minimum atomic E-state index is 0.526. The maximum absolute atomic E-state index is 4.40. The molecule has 2 aromatic rings. The first-order valence-electron chi connectivity index (χ1n) is 7.58. The molecule has 0 saturated heterocycles. The molecule has 0 spiro atoms. The molecular formula is C17H25N3S. The van der Waals surface area contributed by atoms with Gasteiger partial charge in [-0.05, 0) is 32.0 Å². The van der Waals surface area contributed by atoms with E-state index in [9.17, 15) is 0 Å². The molecule has 1 heterocycles. The van der Waals surface area contributed by atoms with Crippen LogP contribution in [0, 0.1) is 6.92 Å². The lowest BCUT2D eigenvalue weighted by Gasteiger charge is -2.17. The fraction of sp³-hybridized carbons (Fsp3) is 0.471. The number of aromatic nitrogens is 2. The standard InChI is InChI=1S/C17H25N3S/c1-4-18-15(7-10-17-19-11-12-20(17)3)13-21-16-8-5-14(2)6-9-16/h5-6,8-9,11-12,15,18H,4,7,10,13H2,1-3H3. The zero-order chi connectivity index (χ0) is 15.1. The summed E-state index contributed by atoms with van der Waals surface area (Å²) in [4.78, 5) is 5.75. The summed E-state index contributed by atoms with van der Waals surface area (Å²) in [5, 5.41) is 3.59. The van der Waals surface area contributed by atoms with Gasteiger partial charge in [-0.15, -0.1) is 11.8 Å². The molecule has 3 nitrogen and oxygen atoms in total. The van der Waals surface area contributed by atoms with Gasteiger partial charge in [-0.1, -0.05) is 24.6 Å². The van der Waals surface area contributed by atoms with Gasteiger partial charge in [0.25, 0.3) is 0 Å². The van der Waals surface area contributed by atoms with E-state index in [-0.39, 0.29) is 0 Å². The van der Waals surface area contributed by atoms with Gasteiger partial charge in [-0.25, -0.2) is 4.98 Å². The molecule has 0 aliphatic carbocycles. The summed E-state index contributed by atoms with van der Waals surface area (Å²) in [5.41, 5.74) is 1.32. The normalized spacial score (nSPS) is 12.5. The van der Waals surface area contributed by atoms with Crippen LogP contribution in [0.5, 0.6) is 0 Å². The van der Waals surface area contributed by atoms with Crippen molar-refractivity contribution >= 4 is 11.8 Å². The molecule has 1 aromatic heterocycles. The highest BCUT2D eigenvalue weighted by atomic mass is 32.2. The van der Waals surface area contributed by atoms with Crippen LogP contribution in [0.15, 0.2) is 41.6 Å². The van der Waals surface area contributed by atoms with Crippen molar-refractivity contribution in [2.75, 3.05) is 12.3 Å². The van der Waals surface area contributed by atoms with Crippen molar-refractivity contribution < 1.29 is 0 Å². The second-order valence-electron chi connectivity index (χ2n) is 5.37. The first kappa shape index (κ1) is 16.1. The number of nitrogens with zero attached hydrogens (tertiary/aromatic N) is 2. The molecule has 1 N–H and O–H groups in total. The van der Waals surface area contributed by atoms with Crippen molar-refractivity contribution in [1.29, 1.82) is 0 Å². The fourth-order valence-corrected chi connectivity index (χ4v) is 3.31. The van der Waals surface area contributed by atoms with Crippen molar-refractivity contribution in [2.24, 2.45) is 7.05 Å². The zero-order valence-electron chi connectivity index (χ0n) is 13.2. The lowest BCUT2D eigenvalue weighted by molar-refractivity contribution is 0.526. The molecule has 21 heavy (non-hydrogen) atoms. The number of thioether (sulfide) groups is 1. The maximum atomic E-state index is 4.40. The second-order valence-corrected chi connectivity index (χ2v) is 6.47. The fourth-order valence-electron chi connectivity index (χ4n) is 2.31. The van der Waals surface area contributed by atoms with E-state index in [0.29, 0.717) is 6.04 Å². The topological polar surface area (TPSA) is 29.9 Å². The van der Waals surface area contributed by atoms with Crippen LogP contribution in [-0.4, -0.2) is 27.9 Å². The van der Waals surface area contributed by atoms with E-state index in [4.69, 9.17) is 0 Å². The van der Waals surface area contributed by atoms with Crippen molar-refractivity contribution in [3.05, 3.63) is 48.0 Å². The molecule has 0 fully saturated rings. The molecule has 0 amide bonds. The Morgan fingerprint density at radius 2 is 2.05 bits per heavy atom.